The van der Waals surface area contributed by atoms with Crippen molar-refractivity contribution < 1.29 is 13.2 Å². The largest absolute Gasteiger partial charge is 0.363 e. The predicted molar refractivity (Wildman–Crippen MR) is 138 cm³/mol. The Hall–Kier alpha value is -2.93. The summed E-state index contributed by atoms with van der Waals surface area (Å²) < 4.78 is 44.7. The number of anilines is 1. The van der Waals surface area contributed by atoms with Crippen molar-refractivity contribution in [2.24, 2.45) is 5.92 Å². The maximum atomic E-state index is 15.3. The van der Waals surface area contributed by atoms with Gasteiger partial charge in [0.05, 0.1) is 17.1 Å². The quantitative estimate of drug-likeness (QED) is 0.361. The normalized spacial score (nSPS) is 13.5. The van der Waals surface area contributed by atoms with Crippen LogP contribution in [0.4, 0.5) is 19.0 Å². The molecule has 0 amide bonds. The molecule has 0 spiro atoms. The van der Waals surface area contributed by atoms with Gasteiger partial charge in [-0.05, 0) is 65.0 Å². The Kier molecular flexibility index (Phi) is 7.32. The number of hydrogen-bond acceptors (Lipinski definition) is 4. The van der Waals surface area contributed by atoms with Crippen LogP contribution in [-0.4, -0.2) is 29.0 Å². The summed E-state index contributed by atoms with van der Waals surface area (Å²) in [5.74, 6) is -4.13. The number of nitrogens with one attached hydrogen (secondary N) is 1. The molecular weight excluding hydrogens is 449 g/mol. The Balaban J connectivity index is 2.14. The Bertz CT molecular complexity index is 1250. The molecule has 0 unspecified atom stereocenters. The van der Waals surface area contributed by atoms with Crippen LogP contribution < -0.4 is 5.32 Å². The molecule has 0 aliphatic rings. The fourth-order valence-corrected chi connectivity index (χ4v) is 4.09. The van der Waals surface area contributed by atoms with E-state index in [9.17, 15) is 8.78 Å². The van der Waals surface area contributed by atoms with Crippen molar-refractivity contribution >= 4 is 22.8 Å². The SMILES string of the molecule is C=Cc1cc2nc(C)nc(N[C@H](C)c3cccc(C(F)(F)C(C)C)c3F)c2cc1C(C)(C)N(C)C. The van der Waals surface area contributed by atoms with Crippen LogP contribution in [0.1, 0.15) is 68.7 Å². The zero-order valence-electron chi connectivity index (χ0n) is 21.8. The predicted octanol–water partition coefficient (Wildman–Crippen LogP) is 7.44. The number of nitrogens with zero attached hydrogens (tertiary/aromatic N) is 3. The van der Waals surface area contributed by atoms with Crippen molar-refractivity contribution in [3.63, 3.8) is 0 Å². The molecular formula is C28H35F3N4. The molecule has 1 heterocycles. The first kappa shape index (κ1) is 26.7. The molecule has 1 atom stereocenters. The number of alkyl halides is 2. The summed E-state index contributed by atoms with van der Waals surface area (Å²) in [6.07, 6.45) is 1.81. The summed E-state index contributed by atoms with van der Waals surface area (Å²) in [5, 5.41) is 4.03. The van der Waals surface area contributed by atoms with E-state index >= 15 is 4.39 Å². The average molecular weight is 485 g/mol. The Morgan fingerprint density at radius 1 is 1.06 bits per heavy atom. The van der Waals surface area contributed by atoms with Crippen LogP contribution >= 0.6 is 0 Å². The maximum Gasteiger partial charge on any atom is 0.278 e. The summed E-state index contributed by atoms with van der Waals surface area (Å²) in [4.78, 5) is 11.3. The van der Waals surface area contributed by atoms with Crippen molar-refractivity contribution in [1.29, 1.82) is 0 Å². The molecule has 0 aliphatic heterocycles. The topological polar surface area (TPSA) is 41.1 Å². The smallest absolute Gasteiger partial charge is 0.278 e. The molecule has 0 radical (unpaired) electrons. The van der Waals surface area contributed by atoms with E-state index in [-0.39, 0.29) is 11.1 Å². The third-order valence-electron chi connectivity index (χ3n) is 6.91. The first-order valence-electron chi connectivity index (χ1n) is 11.8. The van der Waals surface area contributed by atoms with E-state index in [4.69, 9.17) is 0 Å². The number of aromatic nitrogens is 2. The zero-order valence-corrected chi connectivity index (χ0v) is 21.8. The first-order valence-corrected chi connectivity index (χ1v) is 11.8. The van der Waals surface area contributed by atoms with Gasteiger partial charge in [0, 0.05) is 22.4 Å². The fraction of sp³-hybridized carbons (Fsp3) is 0.429. The van der Waals surface area contributed by atoms with Gasteiger partial charge in [-0.25, -0.2) is 23.1 Å². The molecule has 3 aromatic rings. The van der Waals surface area contributed by atoms with Gasteiger partial charge < -0.3 is 10.2 Å². The lowest BCUT2D eigenvalue weighted by molar-refractivity contribution is -0.0545. The molecule has 3 rings (SSSR count). The number of halogens is 3. The lowest BCUT2D eigenvalue weighted by Crippen LogP contribution is -2.36. The molecule has 4 nitrogen and oxygen atoms in total. The van der Waals surface area contributed by atoms with Gasteiger partial charge in [0.2, 0.25) is 0 Å². The second-order valence-corrected chi connectivity index (χ2v) is 10.1. The van der Waals surface area contributed by atoms with Gasteiger partial charge in [-0.15, -0.1) is 0 Å². The molecule has 0 saturated carbocycles. The number of rotatable bonds is 8. The van der Waals surface area contributed by atoms with Gasteiger partial charge in [-0.1, -0.05) is 44.7 Å². The van der Waals surface area contributed by atoms with Crippen LogP contribution in [0.25, 0.3) is 17.0 Å². The van der Waals surface area contributed by atoms with Crippen molar-refractivity contribution in [1.82, 2.24) is 14.9 Å². The van der Waals surface area contributed by atoms with Gasteiger partial charge in [-0.2, -0.15) is 0 Å². The average Bonchev–Trinajstić information content (AvgIpc) is 2.77. The van der Waals surface area contributed by atoms with E-state index in [2.05, 4.69) is 40.6 Å². The van der Waals surface area contributed by atoms with Crippen LogP contribution in [0, 0.1) is 18.7 Å². The maximum absolute atomic E-state index is 15.3. The van der Waals surface area contributed by atoms with E-state index in [1.165, 1.54) is 26.0 Å². The summed E-state index contributed by atoms with van der Waals surface area (Å²) >= 11 is 0. The van der Waals surface area contributed by atoms with E-state index in [0.29, 0.717) is 11.6 Å². The summed E-state index contributed by atoms with van der Waals surface area (Å²) in [5.41, 5.74) is 1.98. The minimum atomic E-state index is -3.27. The highest BCUT2D eigenvalue weighted by Crippen LogP contribution is 2.39. The highest BCUT2D eigenvalue weighted by atomic mass is 19.3. The van der Waals surface area contributed by atoms with Crippen molar-refractivity contribution in [2.45, 2.75) is 59.0 Å². The van der Waals surface area contributed by atoms with Crippen molar-refractivity contribution in [3.8, 4) is 0 Å². The Labute approximate surface area is 206 Å². The van der Waals surface area contributed by atoms with Gasteiger partial charge in [0.25, 0.3) is 5.92 Å². The van der Waals surface area contributed by atoms with Gasteiger partial charge >= 0.3 is 0 Å². The van der Waals surface area contributed by atoms with Gasteiger partial charge in [0.1, 0.15) is 17.5 Å². The standard InChI is InChI=1S/C28H35F3N4/c1-10-19-14-24-21(15-23(19)27(6,7)35(8)9)26(34-18(5)33-24)32-17(4)20-12-11-13-22(25(20)29)28(30,31)16(2)3/h10-17H,1H2,2-9H3,(H,32,33,34)/t17-/m1/s1. The molecule has 1 N–H and O–H groups in total. The van der Waals surface area contributed by atoms with Gasteiger partial charge in [0.15, 0.2) is 0 Å². The highest BCUT2D eigenvalue weighted by molar-refractivity contribution is 5.92. The number of hydrogen-bond donors (Lipinski definition) is 1. The van der Waals surface area contributed by atoms with Gasteiger partial charge in [-0.3, -0.25) is 0 Å². The van der Waals surface area contributed by atoms with Crippen LogP contribution in [0.15, 0.2) is 36.9 Å². The molecule has 2 aromatic carbocycles. The van der Waals surface area contributed by atoms with Crippen molar-refractivity contribution in [3.05, 3.63) is 70.8 Å². The summed E-state index contributed by atoms with van der Waals surface area (Å²) in [6, 6.07) is 7.54. The van der Waals surface area contributed by atoms with E-state index in [0.717, 1.165) is 28.1 Å². The monoisotopic (exact) mass is 484 g/mol. The molecule has 7 heteroatoms. The van der Waals surface area contributed by atoms with Crippen LogP contribution in [0.3, 0.4) is 0 Å². The summed E-state index contributed by atoms with van der Waals surface area (Å²) in [6.45, 7) is 14.5. The van der Waals surface area contributed by atoms with E-state index in [1.807, 2.05) is 32.3 Å². The molecule has 0 aliphatic carbocycles. The van der Waals surface area contributed by atoms with E-state index < -0.39 is 29.3 Å². The highest BCUT2D eigenvalue weighted by Gasteiger charge is 2.39. The Morgan fingerprint density at radius 3 is 2.29 bits per heavy atom. The molecule has 35 heavy (non-hydrogen) atoms. The van der Waals surface area contributed by atoms with Crippen LogP contribution in [0.5, 0.6) is 0 Å². The zero-order chi connectivity index (χ0) is 26.3. The van der Waals surface area contributed by atoms with E-state index in [1.54, 1.807) is 13.8 Å². The molecule has 0 bridgehead atoms. The second kappa shape index (κ2) is 9.61. The molecule has 0 fully saturated rings. The minimum Gasteiger partial charge on any atom is -0.363 e. The third kappa shape index (κ3) is 4.92. The van der Waals surface area contributed by atoms with Crippen LogP contribution in [-0.2, 0) is 11.5 Å². The molecule has 1 aromatic heterocycles. The molecule has 188 valence electrons. The lowest BCUT2D eigenvalue weighted by atomic mass is 9.87. The number of aryl methyl sites for hydroxylation is 1. The first-order chi connectivity index (χ1) is 16.2. The van der Waals surface area contributed by atoms with Crippen molar-refractivity contribution in [2.75, 3.05) is 19.4 Å². The third-order valence-corrected chi connectivity index (χ3v) is 6.91. The Morgan fingerprint density at radius 2 is 1.71 bits per heavy atom. The number of benzene rings is 2. The fourth-order valence-electron chi connectivity index (χ4n) is 4.09. The lowest BCUT2D eigenvalue weighted by Gasteiger charge is -2.34. The summed E-state index contributed by atoms with van der Waals surface area (Å²) in [7, 11) is 4.01. The second-order valence-electron chi connectivity index (χ2n) is 10.1. The van der Waals surface area contributed by atoms with Crippen LogP contribution in [0.2, 0.25) is 0 Å². The minimum absolute atomic E-state index is 0.156. The number of fused-ring (bicyclic) bond motifs is 1. The molecule has 0 saturated heterocycles.